The van der Waals surface area contributed by atoms with E-state index in [0.29, 0.717) is 10.6 Å². The zero-order valence-electron chi connectivity index (χ0n) is 10.1. The average Bonchev–Trinajstić information content (AvgIpc) is 2.97. The van der Waals surface area contributed by atoms with Crippen molar-refractivity contribution in [3.63, 3.8) is 0 Å². The summed E-state index contributed by atoms with van der Waals surface area (Å²) in [5.74, 6) is 0.0619. The van der Waals surface area contributed by atoms with E-state index in [-0.39, 0.29) is 11.9 Å². The van der Waals surface area contributed by atoms with Crippen LogP contribution in [0, 0.1) is 0 Å². The molecule has 2 N–H and O–H groups in total. The van der Waals surface area contributed by atoms with Crippen LogP contribution in [-0.2, 0) is 6.42 Å². The predicted octanol–water partition coefficient (Wildman–Crippen LogP) is 3.15. The van der Waals surface area contributed by atoms with Gasteiger partial charge in [0, 0.05) is 11.4 Å². The molecule has 2 aromatic rings. The summed E-state index contributed by atoms with van der Waals surface area (Å²) in [5.41, 5.74) is 7.71. The monoisotopic (exact) mass is 278 g/mol. The van der Waals surface area contributed by atoms with E-state index in [9.17, 15) is 4.79 Å². The number of nitrogens with zero attached hydrogens (tertiary/aromatic N) is 1. The number of hydrogen-bond acceptors (Lipinski definition) is 4. The molecule has 1 unspecified atom stereocenters. The molecule has 0 saturated heterocycles. The van der Waals surface area contributed by atoms with Crippen LogP contribution >= 0.6 is 22.7 Å². The topological polar surface area (TPSA) is 46.3 Å². The van der Waals surface area contributed by atoms with Gasteiger partial charge in [-0.25, -0.2) is 0 Å². The Morgan fingerprint density at radius 1 is 1.39 bits per heavy atom. The van der Waals surface area contributed by atoms with Crippen molar-refractivity contribution in [3.05, 3.63) is 38.2 Å². The fourth-order valence-corrected chi connectivity index (χ4v) is 4.15. The number of fused-ring (bicyclic) bond motifs is 1. The third-order valence-electron chi connectivity index (χ3n) is 3.43. The zero-order valence-corrected chi connectivity index (χ0v) is 11.7. The molecule has 94 valence electrons. The highest BCUT2D eigenvalue weighted by atomic mass is 32.1. The quantitative estimate of drug-likeness (QED) is 0.871. The van der Waals surface area contributed by atoms with Gasteiger partial charge in [-0.15, -0.1) is 22.7 Å². The summed E-state index contributed by atoms with van der Waals surface area (Å²) in [4.78, 5) is 16.5. The molecule has 0 fully saturated rings. The standard InChI is InChI=1S/C13H14N2OS2/c1-8-9-3-6-17-11(9)2-5-15(8)13(16)12-10(14)4-7-18-12/h3-4,6-8H,2,5,14H2,1H3. The maximum atomic E-state index is 12.5. The molecule has 1 aliphatic rings. The Balaban J connectivity index is 1.91. The maximum Gasteiger partial charge on any atom is 0.266 e. The van der Waals surface area contributed by atoms with Crippen molar-refractivity contribution in [3.8, 4) is 0 Å². The highest BCUT2D eigenvalue weighted by molar-refractivity contribution is 7.12. The highest BCUT2D eigenvalue weighted by Gasteiger charge is 2.30. The normalized spacial score (nSPS) is 18.7. The summed E-state index contributed by atoms with van der Waals surface area (Å²) >= 11 is 3.21. The number of amides is 1. The van der Waals surface area contributed by atoms with Crippen LogP contribution in [0.4, 0.5) is 5.69 Å². The molecule has 18 heavy (non-hydrogen) atoms. The molecule has 0 saturated carbocycles. The number of thiophene rings is 2. The lowest BCUT2D eigenvalue weighted by molar-refractivity contribution is 0.0685. The molecule has 5 heteroatoms. The SMILES string of the molecule is CC1c2ccsc2CCN1C(=O)c1sccc1N. The van der Waals surface area contributed by atoms with E-state index in [1.165, 1.54) is 21.8 Å². The molecule has 0 aromatic carbocycles. The first-order valence-corrected chi connectivity index (χ1v) is 7.64. The molecule has 0 radical (unpaired) electrons. The molecule has 0 aliphatic carbocycles. The van der Waals surface area contributed by atoms with Gasteiger partial charge in [0.15, 0.2) is 0 Å². The van der Waals surface area contributed by atoms with Crippen molar-refractivity contribution in [2.24, 2.45) is 0 Å². The molecule has 1 amide bonds. The van der Waals surface area contributed by atoms with Crippen molar-refractivity contribution < 1.29 is 4.79 Å². The van der Waals surface area contributed by atoms with Gasteiger partial charge >= 0.3 is 0 Å². The number of carbonyl (C=O) groups excluding carboxylic acids is 1. The fourth-order valence-electron chi connectivity index (χ4n) is 2.41. The Morgan fingerprint density at radius 3 is 2.89 bits per heavy atom. The minimum Gasteiger partial charge on any atom is -0.397 e. The van der Waals surface area contributed by atoms with Gasteiger partial charge < -0.3 is 10.6 Å². The minimum absolute atomic E-state index is 0.0619. The van der Waals surface area contributed by atoms with Gasteiger partial charge in [0.1, 0.15) is 4.88 Å². The Morgan fingerprint density at radius 2 is 2.17 bits per heavy atom. The van der Waals surface area contributed by atoms with E-state index in [0.717, 1.165) is 13.0 Å². The van der Waals surface area contributed by atoms with Crippen molar-refractivity contribution in [1.82, 2.24) is 4.90 Å². The lowest BCUT2D eigenvalue weighted by Gasteiger charge is -2.33. The van der Waals surface area contributed by atoms with Crippen molar-refractivity contribution in [1.29, 1.82) is 0 Å². The second-order valence-corrected chi connectivity index (χ2v) is 6.35. The van der Waals surface area contributed by atoms with Crippen LogP contribution in [0.1, 0.15) is 33.1 Å². The second-order valence-electron chi connectivity index (χ2n) is 4.43. The number of nitrogens with two attached hydrogens (primary N) is 1. The van der Waals surface area contributed by atoms with Crippen molar-refractivity contribution >= 4 is 34.3 Å². The Hall–Kier alpha value is -1.33. The first kappa shape index (κ1) is 11.7. The second kappa shape index (κ2) is 4.40. The Labute approximate surface area is 114 Å². The van der Waals surface area contributed by atoms with Crippen molar-refractivity contribution in [2.45, 2.75) is 19.4 Å². The van der Waals surface area contributed by atoms with Crippen LogP contribution in [0.3, 0.4) is 0 Å². The van der Waals surface area contributed by atoms with E-state index < -0.39 is 0 Å². The van der Waals surface area contributed by atoms with Gasteiger partial charge in [0.25, 0.3) is 5.91 Å². The van der Waals surface area contributed by atoms with E-state index in [1.54, 1.807) is 17.4 Å². The summed E-state index contributed by atoms with van der Waals surface area (Å²) in [7, 11) is 0. The lowest BCUT2D eigenvalue weighted by atomic mass is 10.0. The molecule has 2 aromatic heterocycles. The maximum absolute atomic E-state index is 12.5. The van der Waals surface area contributed by atoms with Gasteiger partial charge in [-0.05, 0) is 41.8 Å². The van der Waals surface area contributed by atoms with Gasteiger partial charge in [-0.2, -0.15) is 0 Å². The van der Waals surface area contributed by atoms with Crippen LogP contribution in [0.15, 0.2) is 22.9 Å². The van der Waals surface area contributed by atoms with Crippen LogP contribution in [0.5, 0.6) is 0 Å². The summed E-state index contributed by atoms with van der Waals surface area (Å²) in [6.45, 7) is 2.87. The molecule has 3 heterocycles. The van der Waals surface area contributed by atoms with E-state index in [2.05, 4.69) is 18.4 Å². The average molecular weight is 278 g/mol. The van der Waals surface area contributed by atoms with Gasteiger partial charge in [-0.1, -0.05) is 0 Å². The number of nitrogen functional groups attached to an aromatic ring is 1. The Kier molecular flexibility index (Phi) is 2.87. The Bertz CT molecular complexity index is 587. The minimum atomic E-state index is 0.0619. The number of rotatable bonds is 1. The van der Waals surface area contributed by atoms with Crippen LogP contribution in [0.2, 0.25) is 0 Å². The number of hydrogen-bond donors (Lipinski definition) is 1. The van der Waals surface area contributed by atoms with E-state index >= 15 is 0 Å². The molecular formula is C13H14N2OS2. The first-order chi connectivity index (χ1) is 8.68. The van der Waals surface area contributed by atoms with Gasteiger partial charge in [0.05, 0.1) is 11.7 Å². The fraction of sp³-hybridized carbons (Fsp3) is 0.308. The summed E-state index contributed by atoms with van der Waals surface area (Å²) in [5, 5.41) is 3.97. The summed E-state index contributed by atoms with van der Waals surface area (Å²) in [6.07, 6.45) is 0.953. The third kappa shape index (κ3) is 1.74. The summed E-state index contributed by atoms with van der Waals surface area (Å²) < 4.78 is 0. The highest BCUT2D eigenvalue weighted by Crippen LogP contribution is 2.34. The molecule has 0 spiro atoms. The third-order valence-corrected chi connectivity index (χ3v) is 5.34. The lowest BCUT2D eigenvalue weighted by Crippen LogP contribution is -2.38. The number of carbonyl (C=O) groups is 1. The molecule has 1 atom stereocenters. The molecule has 1 aliphatic heterocycles. The zero-order chi connectivity index (χ0) is 12.7. The predicted molar refractivity (Wildman–Crippen MR) is 76.2 cm³/mol. The van der Waals surface area contributed by atoms with Crippen LogP contribution in [0.25, 0.3) is 0 Å². The smallest absolute Gasteiger partial charge is 0.266 e. The van der Waals surface area contributed by atoms with Crippen LogP contribution < -0.4 is 5.73 Å². The molecule has 3 nitrogen and oxygen atoms in total. The number of anilines is 1. The van der Waals surface area contributed by atoms with Crippen molar-refractivity contribution in [2.75, 3.05) is 12.3 Å². The molecule has 3 rings (SSSR count). The first-order valence-electron chi connectivity index (χ1n) is 5.88. The van der Waals surface area contributed by atoms with Gasteiger partial charge in [-0.3, -0.25) is 4.79 Å². The molecular weight excluding hydrogens is 264 g/mol. The largest absolute Gasteiger partial charge is 0.397 e. The van der Waals surface area contributed by atoms with E-state index in [1.807, 2.05) is 10.3 Å². The molecule has 0 bridgehead atoms. The van der Waals surface area contributed by atoms with Gasteiger partial charge in [0.2, 0.25) is 0 Å². The van der Waals surface area contributed by atoms with Crippen LogP contribution in [-0.4, -0.2) is 17.4 Å². The summed E-state index contributed by atoms with van der Waals surface area (Å²) in [6, 6.07) is 4.07. The van der Waals surface area contributed by atoms with E-state index in [4.69, 9.17) is 5.73 Å².